The van der Waals surface area contributed by atoms with Gasteiger partial charge in [0.2, 0.25) is 6.41 Å². The van der Waals surface area contributed by atoms with Crippen molar-refractivity contribution in [3.05, 3.63) is 39.2 Å². The lowest BCUT2D eigenvalue weighted by Gasteiger charge is -2.40. The fourth-order valence-corrected chi connectivity index (χ4v) is 2.70. The van der Waals surface area contributed by atoms with Crippen LogP contribution in [0.1, 0.15) is 25.8 Å². The van der Waals surface area contributed by atoms with E-state index in [0.29, 0.717) is 38.0 Å². The minimum atomic E-state index is -0.708. The number of nitrogens with zero attached hydrogens (tertiary/aromatic N) is 5. The van der Waals surface area contributed by atoms with Gasteiger partial charge >= 0.3 is 0 Å². The molecular formula is C15H22ClN5O4. The molecule has 0 atom stereocenters. The Labute approximate surface area is 151 Å². The predicted octanol–water partition coefficient (Wildman–Crippen LogP) is 2.15. The van der Waals surface area contributed by atoms with Gasteiger partial charge in [0.15, 0.2) is 5.03 Å². The van der Waals surface area contributed by atoms with Gasteiger partial charge in [0.1, 0.15) is 10.3 Å². The third-order valence-corrected chi connectivity index (χ3v) is 3.80. The lowest BCUT2D eigenvalue weighted by molar-refractivity contribution is -0.487. The van der Waals surface area contributed by atoms with E-state index in [1.54, 1.807) is 17.2 Å². The molecule has 1 aromatic rings. The number of guanidine groups is 1. The SMILES string of the molecule is CCOC(OCC)N1CCCN(Cc2ccc(Cl)nc2)/C1=N/[N+](=O)[O-]. The number of hydrazone groups is 1. The first-order chi connectivity index (χ1) is 12.0. The van der Waals surface area contributed by atoms with Gasteiger partial charge in [-0.2, -0.15) is 0 Å². The molecule has 1 aliphatic rings. The van der Waals surface area contributed by atoms with Crippen molar-refractivity contribution >= 4 is 17.6 Å². The standard InChI is InChI=1S/C15H22ClN5O4/c1-3-24-15(25-4-2)20-9-5-8-19(14(20)18-21(22)23)11-12-6-7-13(16)17-10-12/h6-7,10,15H,3-5,8-9,11H2,1-2H3/b18-14-. The van der Waals surface area contributed by atoms with E-state index in [4.69, 9.17) is 21.1 Å². The van der Waals surface area contributed by atoms with Crippen LogP contribution < -0.4 is 0 Å². The molecule has 1 fully saturated rings. The van der Waals surface area contributed by atoms with Crippen LogP contribution in [0.2, 0.25) is 5.15 Å². The number of hydrogen-bond donors (Lipinski definition) is 0. The van der Waals surface area contributed by atoms with Gasteiger partial charge in [-0.25, -0.2) is 15.1 Å². The van der Waals surface area contributed by atoms with Gasteiger partial charge in [-0.05, 0) is 31.9 Å². The van der Waals surface area contributed by atoms with Crippen molar-refractivity contribution in [1.29, 1.82) is 0 Å². The van der Waals surface area contributed by atoms with Gasteiger partial charge in [0.05, 0.1) is 0 Å². The molecule has 1 saturated heterocycles. The summed E-state index contributed by atoms with van der Waals surface area (Å²) in [5.74, 6) is 0.220. The van der Waals surface area contributed by atoms with E-state index in [1.807, 2.05) is 24.8 Å². The van der Waals surface area contributed by atoms with E-state index in [2.05, 4.69) is 10.1 Å². The lowest BCUT2D eigenvalue weighted by atomic mass is 10.2. The van der Waals surface area contributed by atoms with Crippen LogP contribution in [-0.4, -0.2) is 58.5 Å². The van der Waals surface area contributed by atoms with Crippen LogP contribution in [0, 0.1) is 10.1 Å². The maximum absolute atomic E-state index is 11.0. The van der Waals surface area contributed by atoms with Crippen molar-refractivity contribution < 1.29 is 14.5 Å². The minimum Gasteiger partial charge on any atom is -0.335 e. The first-order valence-electron chi connectivity index (χ1n) is 8.13. The van der Waals surface area contributed by atoms with Gasteiger partial charge in [0.25, 0.3) is 5.96 Å². The molecule has 2 heterocycles. The first kappa shape index (κ1) is 19.4. The van der Waals surface area contributed by atoms with Crippen molar-refractivity contribution in [2.75, 3.05) is 26.3 Å². The van der Waals surface area contributed by atoms with E-state index in [-0.39, 0.29) is 5.96 Å². The average Bonchev–Trinajstić information content (AvgIpc) is 2.58. The van der Waals surface area contributed by atoms with Gasteiger partial charge in [-0.3, -0.25) is 4.90 Å². The summed E-state index contributed by atoms with van der Waals surface area (Å²) in [6.07, 6.45) is 1.74. The largest absolute Gasteiger partial charge is 0.335 e. The van der Waals surface area contributed by atoms with E-state index in [9.17, 15) is 10.1 Å². The predicted molar refractivity (Wildman–Crippen MR) is 92.4 cm³/mol. The molecule has 9 nitrogen and oxygen atoms in total. The third kappa shape index (κ3) is 5.52. The summed E-state index contributed by atoms with van der Waals surface area (Å²) in [6.45, 7) is 6.17. The molecule has 0 bridgehead atoms. The quantitative estimate of drug-likeness (QED) is 0.299. The van der Waals surface area contributed by atoms with Crippen molar-refractivity contribution in [3.63, 3.8) is 0 Å². The zero-order valence-electron chi connectivity index (χ0n) is 14.3. The number of pyridine rings is 1. The summed E-state index contributed by atoms with van der Waals surface area (Å²) < 4.78 is 11.2. The number of aromatic nitrogens is 1. The molecule has 1 aliphatic heterocycles. The van der Waals surface area contributed by atoms with Crippen molar-refractivity contribution in [1.82, 2.24) is 14.8 Å². The van der Waals surface area contributed by atoms with Crippen LogP contribution in [0.15, 0.2) is 23.4 Å². The Morgan fingerprint density at radius 3 is 2.64 bits per heavy atom. The molecule has 0 aromatic carbocycles. The van der Waals surface area contributed by atoms with Gasteiger partial charge in [-0.1, -0.05) is 17.7 Å². The molecule has 0 N–H and O–H groups in total. The molecular weight excluding hydrogens is 350 g/mol. The van der Waals surface area contributed by atoms with Crippen molar-refractivity contribution in [3.8, 4) is 0 Å². The molecule has 0 unspecified atom stereocenters. The Balaban J connectivity index is 2.25. The highest BCUT2D eigenvalue weighted by Gasteiger charge is 2.33. The molecule has 0 aliphatic carbocycles. The molecule has 0 amide bonds. The summed E-state index contributed by atoms with van der Waals surface area (Å²) in [7, 11) is 0. The van der Waals surface area contributed by atoms with Crippen molar-refractivity contribution in [2.24, 2.45) is 5.10 Å². The summed E-state index contributed by atoms with van der Waals surface area (Å²) in [5, 5.41) is 14.3. The molecule has 138 valence electrons. The second kappa shape index (κ2) is 9.50. The Hall–Kier alpha value is -1.97. The second-order valence-electron chi connectivity index (χ2n) is 5.31. The molecule has 1 aromatic heterocycles. The number of rotatable bonds is 8. The highest BCUT2D eigenvalue weighted by molar-refractivity contribution is 6.29. The zero-order valence-corrected chi connectivity index (χ0v) is 15.1. The van der Waals surface area contributed by atoms with Gasteiger partial charge < -0.3 is 14.4 Å². The molecule has 10 heteroatoms. The first-order valence-corrected chi connectivity index (χ1v) is 8.51. The molecule has 0 radical (unpaired) electrons. The van der Waals surface area contributed by atoms with E-state index < -0.39 is 11.4 Å². The van der Waals surface area contributed by atoms with Gasteiger partial charge in [0, 0.05) is 39.0 Å². The lowest BCUT2D eigenvalue weighted by Crippen LogP contribution is -2.55. The Kier molecular flexibility index (Phi) is 7.35. The Bertz CT molecular complexity index is 592. The van der Waals surface area contributed by atoms with Crippen LogP contribution in [0.25, 0.3) is 0 Å². The Morgan fingerprint density at radius 2 is 2.08 bits per heavy atom. The number of hydrogen-bond acceptors (Lipinski definition) is 5. The summed E-state index contributed by atoms with van der Waals surface area (Å²) in [5.41, 5.74) is 0.881. The number of halogens is 1. The van der Waals surface area contributed by atoms with E-state index in [0.717, 1.165) is 12.0 Å². The molecule has 0 saturated carbocycles. The average molecular weight is 372 g/mol. The topological polar surface area (TPSA) is 93.3 Å². The van der Waals surface area contributed by atoms with E-state index in [1.165, 1.54) is 0 Å². The van der Waals surface area contributed by atoms with Crippen LogP contribution in [0.3, 0.4) is 0 Å². The van der Waals surface area contributed by atoms with Crippen LogP contribution in [0.4, 0.5) is 0 Å². The highest BCUT2D eigenvalue weighted by Crippen LogP contribution is 2.18. The second-order valence-corrected chi connectivity index (χ2v) is 5.70. The van der Waals surface area contributed by atoms with Crippen LogP contribution in [0.5, 0.6) is 0 Å². The molecule has 0 spiro atoms. The fraction of sp³-hybridized carbons (Fsp3) is 0.600. The van der Waals surface area contributed by atoms with Crippen LogP contribution in [-0.2, 0) is 16.0 Å². The van der Waals surface area contributed by atoms with Crippen LogP contribution >= 0.6 is 11.6 Å². The summed E-state index contributed by atoms with van der Waals surface area (Å²) in [6, 6.07) is 3.52. The van der Waals surface area contributed by atoms with E-state index >= 15 is 0 Å². The minimum absolute atomic E-state index is 0.220. The summed E-state index contributed by atoms with van der Waals surface area (Å²) in [4.78, 5) is 18.6. The smallest absolute Gasteiger partial charge is 0.278 e. The summed E-state index contributed by atoms with van der Waals surface area (Å²) >= 11 is 5.81. The zero-order chi connectivity index (χ0) is 18.2. The highest BCUT2D eigenvalue weighted by atomic mass is 35.5. The number of nitro groups is 1. The molecule has 2 rings (SSSR count). The fourth-order valence-electron chi connectivity index (χ4n) is 2.59. The third-order valence-electron chi connectivity index (χ3n) is 3.57. The normalized spacial score (nSPS) is 16.7. The maximum atomic E-state index is 11.0. The molecule has 25 heavy (non-hydrogen) atoms. The van der Waals surface area contributed by atoms with Crippen molar-refractivity contribution in [2.45, 2.75) is 33.2 Å². The monoisotopic (exact) mass is 371 g/mol. The van der Waals surface area contributed by atoms with Gasteiger partial charge in [-0.15, -0.1) is 0 Å². The maximum Gasteiger partial charge on any atom is 0.278 e. The Morgan fingerprint density at radius 1 is 1.36 bits per heavy atom. The number of ether oxygens (including phenoxy) is 2.